The highest BCUT2D eigenvalue weighted by atomic mass is 16.7. The molecule has 4 rings (SSSR count). The van der Waals surface area contributed by atoms with E-state index in [9.17, 15) is 4.79 Å². The maximum atomic E-state index is 12.5. The molecule has 6 heteroatoms. The SMILES string of the molecule is Cc1n[nH]c(C)c1CCN1C[C@](C)(Cc2ccc3c(c2)OCO3)CCC1=O. The molecule has 1 aromatic heterocycles. The standard InChI is InChI=1S/C21H27N3O3/c1-14-17(15(2)23-22-14)7-9-24-12-21(3,8-6-20(24)25)11-16-4-5-18-19(10-16)27-13-26-18/h4-5,10H,6-9,11-13H2,1-3H3,(H,22,23)/t21-/m0/s1. The number of aromatic nitrogens is 2. The van der Waals surface area contributed by atoms with E-state index in [4.69, 9.17) is 9.47 Å². The van der Waals surface area contributed by atoms with Gasteiger partial charge in [0, 0.05) is 25.2 Å². The summed E-state index contributed by atoms with van der Waals surface area (Å²) in [5, 5.41) is 7.29. The number of fused-ring (bicyclic) bond motifs is 1. The van der Waals surface area contributed by atoms with Crippen LogP contribution in [0.4, 0.5) is 0 Å². The number of piperidine rings is 1. The van der Waals surface area contributed by atoms with E-state index in [-0.39, 0.29) is 11.3 Å². The van der Waals surface area contributed by atoms with Crippen LogP contribution in [0.3, 0.4) is 0 Å². The first-order valence-corrected chi connectivity index (χ1v) is 9.60. The first kappa shape index (κ1) is 17.9. The van der Waals surface area contributed by atoms with Gasteiger partial charge < -0.3 is 14.4 Å². The molecule has 0 aliphatic carbocycles. The quantitative estimate of drug-likeness (QED) is 0.879. The second-order valence-corrected chi connectivity index (χ2v) is 8.15. The zero-order valence-electron chi connectivity index (χ0n) is 16.3. The monoisotopic (exact) mass is 369 g/mol. The molecule has 27 heavy (non-hydrogen) atoms. The largest absolute Gasteiger partial charge is 0.454 e. The van der Waals surface area contributed by atoms with Crippen LogP contribution in [0.1, 0.15) is 42.3 Å². The van der Waals surface area contributed by atoms with Gasteiger partial charge in [0.05, 0.1) is 5.69 Å². The number of rotatable bonds is 5. The maximum absolute atomic E-state index is 12.5. The van der Waals surface area contributed by atoms with Crippen molar-refractivity contribution in [1.29, 1.82) is 0 Å². The molecule has 0 radical (unpaired) electrons. The summed E-state index contributed by atoms with van der Waals surface area (Å²) in [5.41, 5.74) is 4.66. The zero-order valence-corrected chi connectivity index (χ0v) is 16.3. The Hall–Kier alpha value is -2.50. The van der Waals surface area contributed by atoms with Gasteiger partial charge in [0.1, 0.15) is 0 Å². The van der Waals surface area contributed by atoms with Gasteiger partial charge in [-0.3, -0.25) is 9.89 Å². The Bertz CT molecular complexity index is 841. The lowest BCUT2D eigenvalue weighted by Crippen LogP contribution is -2.46. The number of H-pyrrole nitrogens is 1. The van der Waals surface area contributed by atoms with E-state index in [2.05, 4.69) is 29.3 Å². The Morgan fingerprint density at radius 2 is 2.07 bits per heavy atom. The van der Waals surface area contributed by atoms with E-state index < -0.39 is 0 Å². The molecule has 0 saturated carbocycles. The van der Waals surface area contributed by atoms with Crippen LogP contribution in [-0.2, 0) is 17.6 Å². The van der Waals surface area contributed by atoms with E-state index in [1.165, 1.54) is 11.1 Å². The molecule has 0 spiro atoms. The molecule has 0 unspecified atom stereocenters. The van der Waals surface area contributed by atoms with Crippen LogP contribution in [0.25, 0.3) is 0 Å². The van der Waals surface area contributed by atoms with Crippen molar-refractivity contribution in [3.63, 3.8) is 0 Å². The van der Waals surface area contributed by atoms with Crippen molar-refractivity contribution in [3.8, 4) is 11.5 Å². The van der Waals surface area contributed by atoms with Gasteiger partial charge in [-0.25, -0.2) is 0 Å². The third kappa shape index (κ3) is 3.66. The number of aryl methyl sites for hydroxylation is 2. The molecule has 3 heterocycles. The lowest BCUT2D eigenvalue weighted by atomic mass is 9.76. The van der Waals surface area contributed by atoms with Crippen LogP contribution in [0.15, 0.2) is 18.2 Å². The summed E-state index contributed by atoms with van der Waals surface area (Å²) >= 11 is 0. The number of hydrogen-bond donors (Lipinski definition) is 1. The predicted molar refractivity (Wildman–Crippen MR) is 102 cm³/mol. The summed E-state index contributed by atoms with van der Waals surface area (Å²) in [4.78, 5) is 14.5. The zero-order chi connectivity index (χ0) is 19.0. The van der Waals surface area contributed by atoms with Gasteiger partial charge in [-0.15, -0.1) is 0 Å². The van der Waals surface area contributed by atoms with Crippen molar-refractivity contribution in [1.82, 2.24) is 15.1 Å². The normalized spacial score (nSPS) is 21.7. The number of carbonyl (C=O) groups is 1. The van der Waals surface area contributed by atoms with Gasteiger partial charge in [0.2, 0.25) is 12.7 Å². The first-order chi connectivity index (χ1) is 12.9. The molecular weight excluding hydrogens is 342 g/mol. The lowest BCUT2D eigenvalue weighted by Gasteiger charge is -2.40. The summed E-state index contributed by atoms with van der Waals surface area (Å²) in [5.74, 6) is 1.90. The highest BCUT2D eigenvalue weighted by molar-refractivity contribution is 5.77. The number of nitrogens with one attached hydrogen (secondary N) is 1. The number of nitrogens with zero attached hydrogens (tertiary/aromatic N) is 2. The molecule has 1 aromatic carbocycles. The molecule has 2 aliphatic rings. The molecule has 144 valence electrons. The lowest BCUT2D eigenvalue weighted by molar-refractivity contribution is -0.137. The minimum Gasteiger partial charge on any atom is -0.454 e. The number of carbonyl (C=O) groups excluding carboxylic acids is 1. The number of benzene rings is 1. The van der Waals surface area contributed by atoms with Gasteiger partial charge >= 0.3 is 0 Å². The topological polar surface area (TPSA) is 67.5 Å². The van der Waals surface area contributed by atoms with Crippen molar-refractivity contribution in [2.45, 2.75) is 46.5 Å². The molecule has 1 fully saturated rings. The Morgan fingerprint density at radius 3 is 2.85 bits per heavy atom. The number of amides is 1. The summed E-state index contributed by atoms with van der Waals surface area (Å²) in [6.45, 7) is 8.17. The second kappa shape index (κ2) is 6.91. The van der Waals surface area contributed by atoms with Gasteiger partial charge in [-0.2, -0.15) is 5.10 Å². The van der Waals surface area contributed by atoms with Crippen molar-refractivity contribution < 1.29 is 14.3 Å². The fraction of sp³-hybridized carbons (Fsp3) is 0.524. The van der Waals surface area contributed by atoms with Crippen LogP contribution in [0, 0.1) is 19.3 Å². The van der Waals surface area contributed by atoms with Crippen molar-refractivity contribution in [2.24, 2.45) is 5.41 Å². The average Bonchev–Trinajstić information content (AvgIpc) is 3.22. The first-order valence-electron chi connectivity index (χ1n) is 9.60. The van der Waals surface area contributed by atoms with Crippen LogP contribution < -0.4 is 9.47 Å². The fourth-order valence-electron chi connectivity index (χ4n) is 4.28. The van der Waals surface area contributed by atoms with Gasteiger partial charge in [-0.1, -0.05) is 13.0 Å². The Balaban J connectivity index is 1.43. The molecule has 0 bridgehead atoms. The van der Waals surface area contributed by atoms with Crippen LogP contribution in [-0.4, -0.2) is 40.9 Å². The Kier molecular flexibility index (Phi) is 4.58. The summed E-state index contributed by atoms with van der Waals surface area (Å²) in [6.07, 6.45) is 3.31. The van der Waals surface area contributed by atoms with E-state index in [1.54, 1.807) is 0 Å². The minimum absolute atomic E-state index is 0.0715. The number of aromatic amines is 1. The molecule has 1 amide bonds. The van der Waals surface area contributed by atoms with E-state index in [1.807, 2.05) is 24.8 Å². The molecule has 1 N–H and O–H groups in total. The van der Waals surface area contributed by atoms with Crippen molar-refractivity contribution in [2.75, 3.05) is 19.9 Å². The van der Waals surface area contributed by atoms with E-state index in [0.29, 0.717) is 13.2 Å². The van der Waals surface area contributed by atoms with Gasteiger partial charge in [0.25, 0.3) is 0 Å². The van der Waals surface area contributed by atoms with Crippen molar-refractivity contribution in [3.05, 3.63) is 40.7 Å². The maximum Gasteiger partial charge on any atom is 0.231 e. The average molecular weight is 369 g/mol. The molecule has 6 nitrogen and oxygen atoms in total. The molecule has 1 atom stereocenters. The summed E-state index contributed by atoms with van der Waals surface area (Å²) < 4.78 is 10.9. The van der Waals surface area contributed by atoms with Gasteiger partial charge in [-0.05, 0) is 61.8 Å². The third-order valence-corrected chi connectivity index (χ3v) is 5.85. The van der Waals surface area contributed by atoms with Crippen LogP contribution in [0.5, 0.6) is 11.5 Å². The molecule has 2 aliphatic heterocycles. The highest BCUT2D eigenvalue weighted by Gasteiger charge is 2.35. The van der Waals surface area contributed by atoms with Gasteiger partial charge in [0.15, 0.2) is 11.5 Å². The van der Waals surface area contributed by atoms with Crippen LogP contribution >= 0.6 is 0 Å². The molecular formula is C21H27N3O3. The molecule has 1 saturated heterocycles. The van der Waals surface area contributed by atoms with E-state index in [0.717, 1.165) is 55.2 Å². The Morgan fingerprint density at radius 1 is 1.26 bits per heavy atom. The third-order valence-electron chi connectivity index (χ3n) is 5.85. The highest BCUT2D eigenvalue weighted by Crippen LogP contribution is 2.38. The Labute approximate surface area is 159 Å². The minimum atomic E-state index is 0.0715. The smallest absolute Gasteiger partial charge is 0.231 e. The summed E-state index contributed by atoms with van der Waals surface area (Å²) in [7, 11) is 0. The number of hydrogen-bond acceptors (Lipinski definition) is 4. The van der Waals surface area contributed by atoms with Crippen molar-refractivity contribution >= 4 is 5.91 Å². The van der Waals surface area contributed by atoms with E-state index >= 15 is 0 Å². The summed E-state index contributed by atoms with van der Waals surface area (Å²) in [6, 6.07) is 6.17. The number of ether oxygens (including phenoxy) is 2. The van der Waals surface area contributed by atoms with Crippen LogP contribution in [0.2, 0.25) is 0 Å². The predicted octanol–water partition coefficient (Wildman–Crippen LogP) is 3.17. The number of likely N-dealkylation sites (tertiary alicyclic amines) is 1. The molecule has 2 aromatic rings. The fourth-order valence-corrected chi connectivity index (χ4v) is 4.28. The second-order valence-electron chi connectivity index (χ2n) is 8.15.